The second-order valence-electron chi connectivity index (χ2n) is 4.47. The minimum absolute atomic E-state index is 0.0168. The Morgan fingerprint density at radius 3 is 2.31 bits per heavy atom. The molecule has 2 aliphatic rings. The molecule has 13 heavy (non-hydrogen) atoms. The van der Waals surface area contributed by atoms with Crippen LogP contribution in [0.2, 0.25) is 0 Å². The molecule has 0 aromatic heterocycles. The van der Waals surface area contributed by atoms with Gasteiger partial charge in [0, 0.05) is 13.2 Å². The summed E-state index contributed by atoms with van der Waals surface area (Å²) < 4.78 is 5.34. The molecule has 0 spiro atoms. The van der Waals surface area contributed by atoms with Crippen molar-refractivity contribution in [1.82, 2.24) is 0 Å². The zero-order chi connectivity index (χ0) is 9.10. The van der Waals surface area contributed by atoms with Gasteiger partial charge in [-0.1, -0.05) is 12.8 Å². The van der Waals surface area contributed by atoms with E-state index in [4.69, 9.17) is 4.74 Å². The maximum absolute atomic E-state index is 9.88. The van der Waals surface area contributed by atoms with E-state index in [0.29, 0.717) is 5.92 Å². The highest BCUT2D eigenvalue weighted by molar-refractivity contribution is 4.81. The maximum atomic E-state index is 9.88. The van der Waals surface area contributed by atoms with E-state index in [9.17, 15) is 5.11 Å². The highest BCUT2D eigenvalue weighted by Gasteiger charge is 2.31. The van der Waals surface area contributed by atoms with E-state index in [1.54, 1.807) is 0 Å². The Labute approximate surface area is 80.3 Å². The van der Waals surface area contributed by atoms with Crippen LogP contribution in [0.15, 0.2) is 0 Å². The van der Waals surface area contributed by atoms with Gasteiger partial charge in [0.25, 0.3) is 0 Å². The number of hydrogen-bond donors (Lipinski definition) is 1. The Balaban J connectivity index is 1.88. The lowest BCUT2D eigenvalue weighted by Gasteiger charge is -2.36. The summed E-state index contributed by atoms with van der Waals surface area (Å²) in [5.74, 6) is 1.32. The minimum atomic E-state index is -0.0168. The Morgan fingerprint density at radius 2 is 1.62 bits per heavy atom. The SMILES string of the molecule is O[C@@H]1CCCC[C@H]1C1CCOCC1. The first kappa shape index (κ1) is 9.47. The van der Waals surface area contributed by atoms with Crippen molar-refractivity contribution in [3.05, 3.63) is 0 Å². The highest BCUT2D eigenvalue weighted by atomic mass is 16.5. The van der Waals surface area contributed by atoms with Crippen molar-refractivity contribution in [2.75, 3.05) is 13.2 Å². The van der Waals surface area contributed by atoms with Crippen LogP contribution in [0.5, 0.6) is 0 Å². The standard InChI is InChI=1S/C11H20O2/c12-11-4-2-1-3-10(11)9-5-7-13-8-6-9/h9-12H,1-8H2/t10-,11+/m0/s1. The van der Waals surface area contributed by atoms with E-state index in [-0.39, 0.29) is 6.10 Å². The predicted octanol–water partition coefficient (Wildman–Crippen LogP) is 1.96. The molecule has 1 N–H and O–H groups in total. The van der Waals surface area contributed by atoms with Gasteiger partial charge < -0.3 is 9.84 Å². The van der Waals surface area contributed by atoms with Crippen molar-refractivity contribution >= 4 is 0 Å². The predicted molar refractivity (Wildman–Crippen MR) is 51.5 cm³/mol. The number of rotatable bonds is 1. The molecule has 0 radical (unpaired) electrons. The average Bonchev–Trinajstić information content (AvgIpc) is 2.20. The molecule has 0 amide bonds. The largest absolute Gasteiger partial charge is 0.393 e. The van der Waals surface area contributed by atoms with Crippen LogP contribution >= 0.6 is 0 Å². The van der Waals surface area contributed by atoms with Crippen molar-refractivity contribution < 1.29 is 9.84 Å². The average molecular weight is 184 g/mol. The molecular weight excluding hydrogens is 164 g/mol. The second-order valence-corrected chi connectivity index (χ2v) is 4.47. The van der Waals surface area contributed by atoms with E-state index < -0.39 is 0 Å². The lowest BCUT2D eigenvalue weighted by Crippen LogP contribution is -2.34. The van der Waals surface area contributed by atoms with Gasteiger partial charge in [-0.3, -0.25) is 0 Å². The van der Waals surface area contributed by atoms with Gasteiger partial charge in [-0.2, -0.15) is 0 Å². The number of ether oxygens (including phenoxy) is 1. The second kappa shape index (κ2) is 4.43. The lowest BCUT2D eigenvalue weighted by molar-refractivity contribution is -0.0134. The van der Waals surface area contributed by atoms with Gasteiger partial charge in [-0.25, -0.2) is 0 Å². The van der Waals surface area contributed by atoms with Gasteiger partial charge in [0.15, 0.2) is 0 Å². The van der Waals surface area contributed by atoms with Crippen LogP contribution in [0, 0.1) is 11.8 Å². The summed E-state index contributed by atoms with van der Waals surface area (Å²) in [6.07, 6.45) is 7.13. The molecule has 1 saturated carbocycles. The first-order valence-corrected chi connectivity index (χ1v) is 5.64. The number of hydrogen-bond acceptors (Lipinski definition) is 2. The van der Waals surface area contributed by atoms with Crippen molar-refractivity contribution in [2.45, 2.75) is 44.6 Å². The molecular formula is C11H20O2. The van der Waals surface area contributed by atoms with Gasteiger partial charge in [0.05, 0.1) is 6.10 Å². The molecule has 2 heteroatoms. The summed E-state index contributed by atoms with van der Waals surface area (Å²) >= 11 is 0. The molecule has 2 fully saturated rings. The highest BCUT2D eigenvalue weighted by Crippen LogP contribution is 2.35. The molecule has 1 aliphatic carbocycles. The summed E-state index contributed by atoms with van der Waals surface area (Å²) in [7, 11) is 0. The Bertz CT molecular complexity index is 152. The zero-order valence-electron chi connectivity index (χ0n) is 8.24. The topological polar surface area (TPSA) is 29.5 Å². The quantitative estimate of drug-likeness (QED) is 0.675. The summed E-state index contributed by atoms with van der Waals surface area (Å²) in [5.41, 5.74) is 0. The molecule has 0 unspecified atom stereocenters. The molecule has 76 valence electrons. The third kappa shape index (κ3) is 2.23. The van der Waals surface area contributed by atoms with Gasteiger partial charge in [-0.15, -0.1) is 0 Å². The summed E-state index contributed by atoms with van der Waals surface area (Å²) in [5, 5.41) is 9.88. The first-order valence-electron chi connectivity index (χ1n) is 5.64. The molecule has 0 bridgehead atoms. The fourth-order valence-electron chi connectivity index (χ4n) is 2.83. The van der Waals surface area contributed by atoms with Crippen LogP contribution in [0.25, 0.3) is 0 Å². The lowest BCUT2D eigenvalue weighted by atomic mass is 9.75. The summed E-state index contributed by atoms with van der Waals surface area (Å²) in [6.45, 7) is 1.82. The van der Waals surface area contributed by atoms with Crippen molar-refractivity contribution in [2.24, 2.45) is 11.8 Å². The van der Waals surface area contributed by atoms with Gasteiger partial charge in [0.2, 0.25) is 0 Å². The molecule has 1 saturated heterocycles. The Hall–Kier alpha value is -0.0800. The van der Waals surface area contributed by atoms with Crippen LogP contribution in [0.1, 0.15) is 38.5 Å². The van der Waals surface area contributed by atoms with Crippen molar-refractivity contribution in [3.63, 3.8) is 0 Å². The van der Waals surface area contributed by atoms with Gasteiger partial charge in [-0.05, 0) is 37.5 Å². The fraction of sp³-hybridized carbons (Fsp3) is 1.00. The van der Waals surface area contributed by atoms with Crippen molar-refractivity contribution in [3.8, 4) is 0 Å². The molecule has 1 aliphatic heterocycles. The zero-order valence-corrected chi connectivity index (χ0v) is 8.24. The molecule has 0 aromatic rings. The van der Waals surface area contributed by atoms with Crippen LogP contribution < -0.4 is 0 Å². The van der Waals surface area contributed by atoms with Gasteiger partial charge >= 0.3 is 0 Å². The van der Waals surface area contributed by atoms with E-state index in [0.717, 1.165) is 25.6 Å². The third-order valence-electron chi connectivity index (χ3n) is 3.65. The monoisotopic (exact) mass is 184 g/mol. The van der Waals surface area contributed by atoms with Crippen LogP contribution in [-0.2, 0) is 4.74 Å². The Kier molecular flexibility index (Phi) is 3.23. The van der Waals surface area contributed by atoms with Gasteiger partial charge in [0.1, 0.15) is 0 Å². The fourth-order valence-corrected chi connectivity index (χ4v) is 2.83. The molecule has 2 rings (SSSR count). The molecule has 2 atom stereocenters. The van der Waals surface area contributed by atoms with E-state index in [2.05, 4.69) is 0 Å². The third-order valence-corrected chi connectivity index (χ3v) is 3.65. The van der Waals surface area contributed by atoms with Crippen LogP contribution in [-0.4, -0.2) is 24.4 Å². The number of aliphatic hydroxyl groups excluding tert-OH is 1. The maximum Gasteiger partial charge on any atom is 0.0571 e. The Morgan fingerprint density at radius 1 is 0.923 bits per heavy atom. The van der Waals surface area contributed by atoms with Crippen molar-refractivity contribution in [1.29, 1.82) is 0 Å². The smallest absolute Gasteiger partial charge is 0.0571 e. The van der Waals surface area contributed by atoms with Crippen LogP contribution in [0.4, 0.5) is 0 Å². The molecule has 0 aromatic carbocycles. The summed E-state index contributed by atoms with van der Waals surface area (Å²) in [6, 6.07) is 0. The molecule has 1 heterocycles. The summed E-state index contributed by atoms with van der Waals surface area (Å²) in [4.78, 5) is 0. The molecule has 2 nitrogen and oxygen atoms in total. The van der Waals surface area contributed by atoms with E-state index in [1.165, 1.54) is 32.1 Å². The van der Waals surface area contributed by atoms with Crippen LogP contribution in [0.3, 0.4) is 0 Å². The number of aliphatic hydroxyl groups is 1. The first-order chi connectivity index (χ1) is 6.38. The minimum Gasteiger partial charge on any atom is -0.393 e. The van der Waals surface area contributed by atoms with E-state index >= 15 is 0 Å². The van der Waals surface area contributed by atoms with E-state index in [1.807, 2.05) is 0 Å². The normalized spacial score (nSPS) is 37.6.